The highest BCUT2D eigenvalue weighted by Crippen LogP contribution is 2.20. The van der Waals surface area contributed by atoms with Gasteiger partial charge in [-0.05, 0) is 19.8 Å². The Bertz CT molecular complexity index is 602. The number of carbonyl (C=O) groups excluding carboxylic acids is 1. The average Bonchev–Trinajstić information content (AvgIpc) is 2.90. The van der Waals surface area contributed by atoms with Gasteiger partial charge in [0.05, 0.1) is 0 Å². The van der Waals surface area contributed by atoms with Gasteiger partial charge in [0.25, 0.3) is 0 Å². The van der Waals surface area contributed by atoms with Crippen LogP contribution in [0.3, 0.4) is 0 Å². The maximum Gasteiger partial charge on any atom is 0.317 e. The monoisotopic (exact) mass is 359 g/mol. The first-order valence-corrected chi connectivity index (χ1v) is 10.2. The van der Waals surface area contributed by atoms with Gasteiger partial charge in [-0.25, -0.2) is 14.8 Å². The number of nitrogens with one attached hydrogen (secondary N) is 1. The second-order valence-electron chi connectivity index (χ2n) is 7.99. The maximum absolute atomic E-state index is 12.6. The molecule has 0 bridgehead atoms. The van der Waals surface area contributed by atoms with Gasteiger partial charge < -0.3 is 15.1 Å². The van der Waals surface area contributed by atoms with Gasteiger partial charge in [0.2, 0.25) is 0 Å². The summed E-state index contributed by atoms with van der Waals surface area (Å²) >= 11 is 0. The van der Waals surface area contributed by atoms with Crippen LogP contribution >= 0.6 is 0 Å². The van der Waals surface area contributed by atoms with Crippen molar-refractivity contribution in [2.75, 3.05) is 31.1 Å². The van der Waals surface area contributed by atoms with Crippen LogP contribution < -0.4 is 10.2 Å². The van der Waals surface area contributed by atoms with E-state index in [0.29, 0.717) is 12.0 Å². The van der Waals surface area contributed by atoms with Gasteiger partial charge in [0.15, 0.2) is 0 Å². The van der Waals surface area contributed by atoms with Gasteiger partial charge >= 0.3 is 6.03 Å². The number of nitrogens with zero attached hydrogens (tertiary/aromatic N) is 4. The second-order valence-corrected chi connectivity index (χ2v) is 7.99. The van der Waals surface area contributed by atoms with Crippen molar-refractivity contribution in [3.05, 3.63) is 17.6 Å². The van der Waals surface area contributed by atoms with Gasteiger partial charge in [0, 0.05) is 49.9 Å². The SMILES string of the molecule is Cc1cc(N2CCN(C(=O)NC3CCCCCC3)CC2)nc(C(C)C)n1. The number of carbonyl (C=O) groups is 1. The molecule has 0 unspecified atom stereocenters. The summed E-state index contributed by atoms with van der Waals surface area (Å²) in [7, 11) is 0. The normalized spacial score (nSPS) is 19.5. The number of amides is 2. The van der Waals surface area contributed by atoms with Crippen molar-refractivity contribution in [3.63, 3.8) is 0 Å². The van der Waals surface area contributed by atoms with Crippen molar-refractivity contribution < 1.29 is 4.79 Å². The summed E-state index contributed by atoms with van der Waals surface area (Å²) in [6, 6.07) is 2.52. The lowest BCUT2D eigenvalue weighted by molar-refractivity contribution is 0.189. The van der Waals surface area contributed by atoms with Crippen molar-refractivity contribution in [3.8, 4) is 0 Å². The van der Waals surface area contributed by atoms with Gasteiger partial charge in [0.1, 0.15) is 11.6 Å². The van der Waals surface area contributed by atoms with Crippen LogP contribution in [0.5, 0.6) is 0 Å². The predicted octanol–water partition coefficient (Wildman–Crippen LogP) is 3.46. The number of anilines is 1. The third-order valence-electron chi connectivity index (χ3n) is 5.45. The Balaban J connectivity index is 1.54. The minimum atomic E-state index is 0.110. The van der Waals surface area contributed by atoms with E-state index in [1.807, 2.05) is 17.9 Å². The summed E-state index contributed by atoms with van der Waals surface area (Å²) in [5.41, 5.74) is 1.01. The fourth-order valence-corrected chi connectivity index (χ4v) is 3.82. The number of aryl methyl sites for hydroxylation is 1. The molecule has 6 heteroatoms. The summed E-state index contributed by atoms with van der Waals surface area (Å²) < 4.78 is 0. The first-order valence-electron chi connectivity index (χ1n) is 10.2. The van der Waals surface area contributed by atoms with E-state index in [2.05, 4.69) is 29.0 Å². The number of hydrogen-bond acceptors (Lipinski definition) is 4. The van der Waals surface area contributed by atoms with E-state index in [1.165, 1.54) is 25.7 Å². The molecule has 1 saturated carbocycles. The molecular formula is C20H33N5O. The Morgan fingerprint density at radius 2 is 1.73 bits per heavy atom. The highest BCUT2D eigenvalue weighted by Gasteiger charge is 2.24. The highest BCUT2D eigenvalue weighted by molar-refractivity contribution is 5.74. The van der Waals surface area contributed by atoms with Crippen LogP contribution in [-0.4, -0.2) is 53.1 Å². The number of rotatable bonds is 3. The summed E-state index contributed by atoms with van der Waals surface area (Å²) in [5, 5.41) is 3.26. The molecule has 2 aliphatic rings. The fraction of sp³-hybridized carbons (Fsp3) is 0.750. The van der Waals surface area contributed by atoms with Crippen molar-refractivity contribution in [2.45, 2.75) is 71.3 Å². The van der Waals surface area contributed by atoms with E-state index < -0.39 is 0 Å². The molecule has 2 heterocycles. The second kappa shape index (κ2) is 8.69. The van der Waals surface area contributed by atoms with Gasteiger partial charge in [-0.15, -0.1) is 0 Å². The molecule has 1 N–H and O–H groups in total. The summed E-state index contributed by atoms with van der Waals surface area (Å²) in [4.78, 5) is 26.1. The Hall–Kier alpha value is -1.85. The van der Waals surface area contributed by atoms with E-state index in [9.17, 15) is 4.79 Å². The summed E-state index contributed by atoms with van der Waals surface area (Å²) in [6.45, 7) is 9.41. The van der Waals surface area contributed by atoms with Crippen LogP contribution in [0.2, 0.25) is 0 Å². The number of urea groups is 1. The van der Waals surface area contributed by atoms with E-state index >= 15 is 0 Å². The van der Waals surface area contributed by atoms with Crippen LogP contribution in [0, 0.1) is 6.92 Å². The molecule has 144 valence electrons. The van der Waals surface area contributed by atoms with Gasteiger partial charge in [-0.1, -0.05) is 39.5 Å². The lowest BCUT2D eigenvalue weighted by atomic mass is 10.1. The summed E-state index contributed by atoms with van der Waals surface area (Å²) in [5.74, 6) is 2.21. The molecule has 0 atom stereocenters. The van der Waals surface area contributed by atoms with Crippen molar-refractivity contribution in [1.29, 1.82) is 0 Å². The van der Waals surface area contributed by atoms with Crippen LogP contribution in [0.1, 0.15) is 69.8 Å². The lowest BCUT2D eigenvalue weighted by Gasteiger charge is -2.36. The average molecular weight is 360 g/mol. The van der Waals surface area contributed by atoms with Crippen LogP contribution in [0.15, 0.2) is 6.07 Å². The molecule has 0 radical (unpaired) electrons. The van der Waals surface area contributed by atoms with E-state index in [-0.39, 0.29) is 6.03 Å². The molecule has 0 spiro atoms. The highest BCUT2D eigenvalue weighted by atomic mass is 16.2. The quantitative estimate of drug-likeness (QED) is 0.840. The van der Waals surface area contributed by atoms with Crippen molar-refractivity contribution in [2.24, 2.45) is 0 Å². The molecule has 3 rings (SSSR count). The molecule has 1 aliphatic carbocycles. The lowest BCUT2D eigenvalue weighted by Crippen LogP contribution is -2.53. The predicted molar refractivity (Wildman–Crippen MR) is 105 cm³/mol. The first kappa shape index (κ1) is 18.9. The Morgan fingerprint density at radius 1 is 1.08 bits per heavy atom. The molecule has 1 aromatic heterocycles. The maximum atomic E-state index is 12.6. The van der Waals surface area contributed by atoms with Crippen LogP contribution in [0.4, 0.5) is 10.6 Å². The number of hydrogen-bond donors (Lipinski definition) is 1. The largest absolute Gasteiger partial charge is 0.353 e. The van der Waals surface area contributed by atoms with Crippen molar-refractivity contribution >= 4 is 11.8 Å². The van der Waals surface area contributed by atoms with Crippen LogP contribution in [-0.2, 0) is 0 Å². The fourth-order valence-electron chi connectivity index (χ4n) is 3.82. The molecule has 2 amide bonds. The number of aromatic nitrogens is 2. The minimum absolute atomic E-state index is 0.110. The van der Waals surface area contributed by atoms with E-state index in [0.717, 1.165) is 56.4 Å². The zero-order valence-corrected chi connectivity index (χ0v) is 16.5. The third-order valence-corrected chi connectivity index (χ3v) is 5.45. The standard InChI is InChI=1S/C20H33N5O/c1-15(2)19-21-16(3)14-18(23-19)24-10-12-25(13-11-24)20(26)22-17-8-6-4-5-7-9-17/h14-15,17H,4-13H2,1-3H3,(H,22,26). The molecular weight excluding hydrogens is 326 g/mol. The molecule has 2 fully saturated rings. The molecule has 1 aliphatic heterocycles. The summed E-state index contributed by atoms with van der Waals surface area (Å²) in [6.07, 6.45) is 7.35. The van der Waals surface area contributed by atoms with E-state index in [1.54, 1.807) is 0 Å². The Kier molecular flexibility index (Phi) is 6.33. The molecule has 1 saturated heterocycles. The van der Waals surface area contributed by atoms with Gasteiger partial charge in [-0.3, -0.25) is 0 Å². The Morgan fingerprint density at radius 3 is 2.35 bits per heavy atom. The molecule has 26 heavy (non-hydrogen) atoms. The molecule has 1 aromatic rings. The number of piperazine rings is 1. The van der Waals surface area contributed by atoms with Crippen molar-refractivity contribution in [1.82, 2.24) is 20.2 Å². The molecule has 0 aromatic carbocycles. The third kappa shape index (κ3) is 4.86. The zero-order valence-electron chi connectivity index (χ0n) is 16.5. The Labute approximate surface area is 157 Å². The van der Waals surface area contributed by atoms with Gasteiger partial charge in [-0.2, -0.15) is 0 Å². The van der Waals surface area contributed by atoms with E-state index in [4.69, 9.17) is 4.98 Å². The van der Waals surface area contributed by atoms with Crippen LogP contribution in [0.25, 0.3) is 0 Å². The first-order chi connectivity index (χ1) is 12.5. The zero-order chi connectivity index (χ0) is 18.5. The smallest absolute Gasteiger partial charge is 0.317 e. The minimum Gasteiger partial charge on any atom is -0.353 e. The topological polar surface area (TPSA) is 61.4 Å². The molecule has 6 nitrogen and oxygen atoms in total.